The summed E-state index contributed by atoms with van der Waals surface area (Å²) in [7, 11) is 1.83. The minimum Gasteiger partial charge on any atom is -0.372 e. The zero-order valence-corrected chi connectivity index (χ0v) is 14.2. The summed E-state index contributed by atoms with van der Waals surface area (Å²) in [6.45, 7) is 2.05. The van der Waals surface area contributed by atoms with Crippen LogP contribution in [0.3, 0.4) is 0 Å². The van der Waals surface area contributed by atoms with Crippen molar-refractivity contribution in [3.8, 4) is 11.4 Å². The quantitative estimate of drug-likeness (QED) is 0.732. The first-order valence-corrected chi connectivity index (χ1v) is 7.63. The van der Waals surface area contributed by atoms with Crippen molar-refractivity contribution in [3.63, 3.8) is 0 Å². The lowest BCUT2D eigenvalue weighted by atomic mass is 10.2. The summed E-state index contributed by atoms with van der Waals surface area (Å²) in [5, 5.41) is 3.06. The third-order valence-electron chi connectivity index (χ3n) is 2.67. The fraction of sp³-hybridized carbons (Fsp3) is 0.231. The van der Waals surface area contributed by atoms with Gasteiger partial charge in [-0.3, -0.25) is 0 Å². The minimum absolute atomic E-state index is 0.293. The van der Waals surface area contributed by atoms with Crippen LogP contribution in [0.4, 0.5) is 10.2 Å². The maximum absolute atomic E-state index is 13.3. The zero-order valence-electron chi connectivity index (χ0n) is 10.5. The molecule has 1 aromatic carbocycles. The molecule has 6 heteroatoms. The largest absolute Gasteiger partial charge is 0.372 e. The Labute approximate surface area is 133 Å². The van der Waals surface area contributed by atoms with Crippen molar-refractivity contribution in [2.75, 3.05) is 12.4 Å². The van der Waals surface area contributed by atoms with Crippen LogP contribution < -0.4 is 5.32 Å². The van der Waals surface area contributed by atoms with Gasteiger partial charge >= 0.3 is 0 Å². The monoisotopic (exact) mass is 435 g/mol. The van der Waals surface area contributed by atoms with Crippen molar-refractivity contribution in [2.24, 2.45) is 0 Å². The van der Waals surface area contributed by atoms with Crippen LogP contribution in [-0.4, -0.2) is 17.0 Å². The van der Waals surface area contributed by atoms with Crippen molar-refractivity contribution < 1.29 is 4.39 Å². The average molecular weight is 436 g/mol. The van der Waals surface area contributed by atoms with Crippen LogP contribution in [-0.2, 0) is 6.42 Å². The Balaban J connectivity index is 2.58. The van der Waals surface area contributed by atoms with Crippen LogP contribution >= 0.6 is 38.5 Å². The molecule has 0 radical (unpaired) electrons. The number of aryl methyl sites for hydroxylation is 1. The van der Waals surface area contributed by atoms with Crippen LogP contribution in [0.15, 0.2) is 22.7 Å². The summed E-state index contributed by atoms with van der Waals surface area (Å²) in [5.74, 6) is 1.10. The van der Waals surface area contributed by atoms with Crippen molar-refractivity contribution in [1.82, 2.24) is 9.97 Å². The standard InChI is InChI=1S/C13H12BrFIN3/c1-3-10-11(16)13(17-2)19-12(18-10)7-4-5-9(15)8(14)6-7/h4-6H,3H2,1-2H3,(H,17,18,19). The highest BCUT2D eigenvalue weighted by Gasteiger charge is 2.12. The Morgan fingerprint density at radius 2 is 2.11 bits per heavy atom. The van der Waals surface area contributed by atoms with Gasteiger partial charge in [0, 0.05) is 12.6 Å². The molecule has 19 heavy (non-hydrogen) atoms. The van der Waals surface area contributed by atoms with E-state index in [1.54, 1.807) is 12.1 Å². The minimum atomic E-state index is -0.293. The van der Waals surface area contributed by atoms with Crippen molar-refractivity contribution in [1.29, 1.82) is 0 Å². The molecule has 0 bridgehead atoms. The maximum Gasteiger partial charge on any atom is 0.161 e. The number of nitrogens with one attached hydrogen (secondary N) is 1. The molecule has 0 amide bonds. The Kier molecular flexibility index (Phi) is 4.72. The lowest BCUT2D eigenvalue weighted by molar-refractivity contribution is 0.621. The maximum atomic E-state index is 13.3. The predicted molar refractivity (Wildman–Crippen MR) is 86.8 cm³/mol. The Morgan fingerprint density at radius 1 is 1.37 bits per heavy atom. The molecule has 1 heterocycles. The molecule has 0 aliphatic carbocycles. The van der Waals surface area contributed by atoms with Crippen LogP contribution in [0.5, 0.6) is 0 Å². The number of benzene rings is 1. The normalized spacial score (nSPS) is 10.6. The van der Waals surface area contributed by atoms with E-state index in [1.807, 2.05) is 14.0 Å². The number of aromatic nitrogens is 2. The second-order valence-corrected chi connectivity index (χ2v) is 5.82. The lowest BCUT2D eigenvalue weighted by Crippen LogP contribution is -2.04. The number of anilines is 1. The van der Waals surface area contributed by atoms with Gasteiger partial charge in [0.25, 0.3) is 0 Å². The average Bonchev–Trinajstić information content (AvgIpc) is 2.42. The number of hydrogen-bond acceptors (Lipinski definition) is 3. The first-order chi connectivity index (χ1) is 9.06. The fourth-order valence-electron chi connectivity index (χ4n) is 1.66. The number of hydrogen-bond donors (Lipinski definition) is 1. The second kappa shape index (κ2) is 6.13. The highest BCUT2D eigenvalue weighted by Crippen LogP contribution is 2.27. The molecule has 100 valence electrons. The van der Waals surface area contributed by atoms with Crippen LogP contribution in [0.25, 0.3) is 11.4 Å². The smallest absolute Gasteiger partial charge is 0.161 e. The molecule has 0 fully saturated rings. The van der Waals surface area contributed by atoms with E-state index >= 15 is 0 Å². The van der Waals surface area contributed by atoms with Gasteiger partial charge in [-0.15, -0.1) is 0 Å². The molecule has 0 saturated heterocycles. The molecule has 1 N–H and O–H groups in total. The molecular formula is C13H12BrFIN3. The van der Waals surface area contributed by atoms with E-state index in [0.29, 0.717) is 10.3 Å². The molecule has 3 nitrogen and oxygen atoms in total. The summed E-state index contributed by atoms with van der Waals surface area (Å²) in [6.07, 6.45) is 0.824. The van der Waals surface area contributed by atoms with Gasteiger partial charge < -0.3 is 5.32 Å². The van der Waals surface area contributed by atoms with E-state index in [1.165, 1.54) is 6.07 Å². The molecule has 0 saturated carbocycles. The van der Waals surface area contributed by atoms with E-state index in [9.17, 15) is 4.39 Å². The highest BCUT2D eigenvalue weighted by atomic mass is 127. The lowest BCUT2D eigenvalue weighted by Gasteiger charge is -2.10. The Morgan fingerprint density at radius 3 is 2.68 bits per heavy atom. The molecule has 0 aliphatic rings. The third-order valence-corrected chi connectivity index (χ3v) is 4.41. The summed E-state index contributed by atoms with van der Waals surface area (Å²) >= 11 is 5.41. The Hall–Kier alpha value is -0.760. The van der Waals surface area contributed by atoms with Crippen molar-refractivity contribution in [3.05, 3.63) is 37.8 Å². The van der Waals surface area contributed by atoms with Crippen molar-refractivity contribution in [2.45, 2.75) is 13.3 Å². The van der Waals surface area contributed by atoms with Crippen LogP contribution in [0.1, 0.15) is 12.6 Å². The molecule has 1 aromatic heterocycles. The van der Waals surface area contributed by atoms with Gasteiger partial charge in [-0.2, -0.15) is 0 Å². The summed E-state index contributed by atoms with van der Waals surface area (Å²) < 4.78 is 14.7. The first kappa shape index (κ1) is 14.6. The number of rotatable bonds is 3. The van der Waals surface area contributed by atoms with Gasteiger partial charge in [0.1, 0.15) is 11.6 Å². The fourth-order valence-corrected chi connectivity index (χ4v) is 2.93. The third kappa shape index (κ3) is 3.05. The summed E-state index contributed by atoms with van der Waals surface area (Å²) in [5.41, 5.74) is 1.77. The van der Waals surface area contributed by atoms with Gasteiger partial charge in [-0.25, -0.2) is 14.4 Å². The summed E-state index contributed by atoms with van der Waals surface area (Å²) in [4.78, 5) is 9.01. The zero-order chi connectivity index (χ0) is 14.0. The molecule has 2 aromatic rings. The summed E-state index contributed by atoms with van der Waals surface area (Å²) in [6, 6.07) is 4.78. The van der Waals surface area contributed by atoms with E-state index < -0.39 is 0 Å². The first-order valence-electron chi connectivity index (χ1n) is 5.76. The van der Waals surface area contributed by atoms with Gasteiger partial charge in [-0.05, 0) is 63.1 Å². The Bertz CT molecular complexity index is 594. The predicted octanol–water partition coefficient (Wildman–Crippen LogP) is 4.25. The number of nitrogens with zero attached hydrogens (tertiary/aromatic N) is 2. The van der Waals surface area contributed by atoms with Crippen molar-refractivity contribution >= 4 is 44.3 Å². The number of halogens is 3. The highest BCUT2D eigenvalue weighted by molar-refractivity contribution is 14.1. The molecular weight excluding hydrogens is 424 g/mol. The van der Waals surface area contributed by atoms with Crippen LogP contribution in [0.2, 0.25) is 0 Å². The van der Waals surface area contributed by atoms with E-state index in [4.69, 9.17) is 0 Å². The molecule has 0 aliphatic heterocycles. The molecule has 0 atom stereocenters. The van der Waals surface area contributed by atoms with Gasteiger partial charge in [0.05, 0.1) is 13.7 Å². The second-order valence-electron chi connectivity index (χ2n) is 3.89. The molecule has 0 unspecified atom stereocenters. The topological polar surface area (TPSA) is 37.8 Å². The molecule has 2 rings (SSSR count). The van der Waals surface area contributed by atoms with Gasteiger partial charge in [-0.1, -0.05) is 6.92 Å². The van der Waals surface area contributed by atoms with Gasteiger partial charge in [0.2, 0.25) is 0 Å². The van der Waals surface area contributed by atoms with Crippen LogP contribution in [0, 0.1) is 9.39 Å². The molecule has 0 spiro atoms. The van der Waals surface area contributed by atoms with E-state index in [2.05, 4.69) is 53.8 Å². The van der Waals surface area contributed by atoms with E-state index in [-0.39, 0.29) is 5.82 Å². The SMILES string of the molecule is CCc1nc(-c2ccc(F)c(Br)c2)nc(NC)c1I. The van der Waals surface area contributed by atoms with Gasteiger partial charge in [0.15, 0.2) is 5.82 Å². The van der Waals surface area contributed by atoms with E-state index in [0.717, 1.165) is 27.1 Å².